The van der Waals surface area contributed by atoms with E-state index in [4.69, 9.17) is 0 Å². The summed E-state index contributed by atoms with van der Waals surface area (Å²) in [6.45, 7) is 104. The molecule has 0 aromatic rings. The summed E-state index contributed by atoms with van der Waals surface area (Å²) in [5, 5.41) is 0. The predicted octanol–water partition coefficient (Wildman–Crippen LogP) is 31.6. The maximum Gasteiger partial charge on any atom is 0.0446 e. The second-order valence-electron chi connectivity index (χ2n) is 45.4. The van der Waals surface area contributed by atoms with Gasteiger partial charge in [-0.05, 0) is 575 Å². The van der Waals surface area contributed by atoms with Gasteiger partial charge in [0.2, 0.25) is 0 Å². The Balaban J connectivity index is 0.000000106. The monoisotopic (exact) mass is 1540 g/mol. The maximum absolute atomic E-state index is 2.57. The molecule has 3 unspecified atom stereocenters. The molecule has 117 heavy (non-hydrogen) atoms. The summed E-state index contributed by atoms with van der Waals surface area (Å²) in [6.07, 6.45) is 0. The smallest absolute Gasteiger partial charge is 0.0446 e. The van der Waals surface area contributed by atoms with Crippen LogP contribution in [0.3, 0.4) is 0 Å². The van der Waals surface area contributed by atoms with E-state index in [2.05, 4.69) is 291 Å². The molecule has 3 spiro atoms. The summed E-state index contributed by atoms with van der Waals surface area (Å²) < 4.78 is 0. The van der Waals surface area contributed by atoms with Gasteiger partial charge in [-0.1, -0.05) is 83.1 Å². The number of hydrogen-bond donors (Lipinski definition) is 0. The van der Waals surface area contributed by atoms with Crippen LogP contribution >= 0.6 is 0 Å². The molecule has 0 heteroatoms. The molecule has 0 aliphatic heterocycles. The van der Waals surface area contributed by atoms with Gasteiger partial charge in [0, 0.05) is 51.8 Å². The van der Waals surface area contributed by atoms with Crippen molar-refractivity contribution in [3.8, 4) is 0 Å². The van der Waals surface area contributed by atoms with E-state index in [1.165, 1.54) is 55.7 Å². The zero-order chi connectivity index (χ0) is 84.6. The van der Waals surface area contributed by atoms with E-state index in [1.807, 2.05) is 0 Å². The van der Waals surface area contributed by atoms with E-state index < -0.39 is 0 Å². The first-order valence-corrected chi connectivity index (χ1v) is 45.7. The lowest BCUT2D eigenvalue weighted by Crippen LogP contribution is -2.52. The summed E-state index contributed by atoms with van der Waals surface area (Å²) in [7, 11) is 0. The van der Waals surface area contributed by atoms with E-state index in [9.17, 15) is 0 Å². The highest BCUT2D eigenvalue weighted by Crippen LogP contribution is 2.89. The average molecular weight is 1540 g/mol. The Labute approximate surface area is 704 Å². The highest BCUT2D eigenvalue weighted by Gasteiger charge is 2.78. The van der Waals surface area contributed by atoms with Crippen molar-refractivity contribution in [2.45, 2.75) is 291 Å². The van der Waals surface area contributed by atoms with Crippen LogP contribution in [0.5, 0.6) is 0 Å². The number of allylic oxidation sites excluding steroid dienone is 60. The standard InChI is InChI=1S/C41H50.C39H44.C37H38/c1-17-18(2)26-22(6)30-36-32(40(15,16)38(30,11)12)24(8)28-20(4)19(3)27-23(7)31-35-29(37(9,10)39(31,13)14)21(5)25(17)33(26)41(35,36)34(27)28;1-15-16(2)26-22(8)28-18(4)20(6)30-24(10)32-36-31(37(11,12)38(32,13)14)23(9)29-19(5)17(3)27-21(7)25(15)33(26)39(36,34(27)29)35(28)30;1-13-14(2)26-22(10)28-17(5)18(6)30-24(12)32-20(8)19(7)31-23(11)29-16(4)15(3)27-21(9)25(13)33(26)37(34(27)29,35(28)30)36(31)32/h33-34H,1-16H3;34-35H,1-14H3;33,36H,1-12H3. The Morgan fingerprint density at radius 2 is 0.256 bits per heavy atom. The van der Waals surface area contributed by atoms with Crippen LogP contribution in [-0.2, 0) is 0 Å². The van der Waals surface area contributed by atoms with Crippen LogP contribution in [0, 0.1) is 84.2 Å². The fraction of sp³-hybridized carbons (Fsp3) is 0.487. The van der Waals surface area contributed by atoms with Crippen LogP contribution < -0.4 is 0 Å². The molecule has 0 fully saturated rings. The molecule has 0 amide bonds. The molecule has 24 aliphatic rings. The van der Waals surface area contributed by atoms with Crippen molar-refractivity contribution in [1.82, 2.24) is 0 Å². The second kappa shape index (κ2) is 20.9. The minimum Gasteiger partial charge on any atom is -0.0550 e. The van der Waals surface area contributed by atoms with E-state index in [0.29, 0.717) is 35.5 Å². The third-order valence-electron chi connectivity index (χ3n) is 41.6. The van der Waals surface area contributed by atoms with Gasteiger partial charge < -0.3 is 0 Å². The first kappa shape index (κ1) is 75.4. The van der Waals surface area contributed by atoms with Gasteiger partial charge in [-0.2, -0.15) is 0 Å². The lowest BCUT2D eigenvalue weighted by atomic mass is 9.41. The van der Waals surface area contributed by atoms with Gasteiger partial charge in [0.1, 0.15) is 0 Å². The van der Waals surface area contributed by atoms with Crippen molar-refractivity contribution in [2.24, 2.45) is 84.2 Å². The topological polar surface area (TPSA) is 0 Å². The normalized spacial score (nSPS) is 34.9. The first-order valence-electron chi connectivity index (χ1n) is 45.7. The molecule has 0 bridgehead atoms. The van der Waals surface area contributed by atoms with Crippen molar-refractivity contribution < 1.29 is 0 Å². The van der Waals surface area contributed by atoms with Gasteiger partial charge in [-0.15, -0.1) is 0 Å². The van der Waals surface area contributed by atoms with Gasteiger partial charge in [-0.25, -0.2) is 0 Å². The highest BCUT2D eigenvalue weighted by atomic mass is 14.8. The Morgan fingerprint density at radius 3 is 0.462 bits per heavy atom. The SMILES string of the molecule is CC1=C(C)C2=C(C)C3=C4C(=C(C)C5=C(C)C(C)=C6C(C)=C7C8=C(C(C)=C1C2C84C65)C(C)(C)C7(C)C)C(C)(C)C3(C)C.CC1=C(C)C2=C3C1=C(C)C1=C(C)C(C)=C4C(C)=C5C(C)=C(C)C6=C5C3(C14)C1C(=C2C)C(C)=C(C)C1=C6C.CC1=C(C)C2=C3C1=C(C)C1=C(C)C(C)=C4C(C)=C5C6=C(C(C)=C7C(C)=C(C)C(=C2C)C7C36C14)C(C)(C)C5(C)C. The highest BCUT2D eigenvalue weighted by molar-refractivity contribution is 5.96. The largest absolute Gasteiger partial charge is 0.0550 e. The molecule has 0 heterocycles. The molecule has 24 aliphatic carbocycles. The molecule has 600 valence electrons. The molecule has 0 nitrogen and oxygen atoms in total. The molecule has 0 aromatic heterocycles. The van der Waals surface area contributed by atoms with Crippen molar-refractivity contribution in [3.63, 3.8) is 0 Å². The molecular weight excluding hydrogens is 1410 g/mol. The van der Waals surface area contributed by atoms with Gasteiger partial charge in [0.25, 0.3) is 0 Å². The third kappa shape index (κ3) is 6.69. The fourth-order valence-electron chi connectivity index (χ4n) is 34.8. The molecule has 3 atom stereocenters. The second-order valence-corrected chi connectivity index (χ2v) is 45.4. The maximum atomic E-state index is 2.57. The van der Waals surface area contributed by atoms with Crippen LogP contribution in [0.15, 0.2) is 334 Å². The molecule has 0 saturated heterocycles. The third-order valence-corrected chi connectivity index (χ3v) is 41.6. The van der Waals surface area contributed by atoms with Crippen LogP contribution in [0.2, 0.25) is 0 Å². The molecule has 0 saturated carbocycles. The van der Waals surface area contributed by atoms with Crippen molar-refractivity contribution in [3.05, 3.63) is 334 Å². The summed E-state index contributed by atoms with van der Waals surface area (Å²) in [5.74, 6) is 2.49. The average Bonchev–Trinajstić information content (AvgIpc) is 1.46. The van der Waals surface area contributed by atoms with Crippen LogP contribution in [-0.4, -0.2) is 0 Å². The number of rotatable bonds is 0. The Bertz CT molecular complexity index is 6430. The van der Waals surface area contributed by atoms with E-state index in [0.717, 1.165) is 0 Å². The lowest BCUT2D eigenvalue weighted by molar-refractivity contribution is 0.217. The summed E-state index contributed by atoms with van der Waals surface area (Å²) >= 11 is 0. The summed E-state index contributed by atoms with van der Waals surface area (Å²) in [5.41, 5.74) is 96.6. The summed E-state index contributed by atoms with van der Waals surface area (Å²) in [6, 6.07) is 0. The van der Waals surface area contributed by atoms with Crippen LogP contribution in [0.25, 0.3) is 0 Å². The molecule has 24 rings (SSSR count). The molecule has 0 N–H and O–H groups in total. The fourth-order valence-corrected chi connectivity index (χ4v) is 34.8. The molecular formula is C117H132. The van der Waals surface area contributed by atoms with Crippen LogP contribution in [0.4, 0.5) is 0 Å². The van der Waals surface area contributed by atoms with Crippen LogP contribution in [0.1, 0.15) is 291 Å². The van der Waals surface area contributed by atoms with Crippen molar-refractivity contribution in [1.29, 1.82) is 0 Å². The van der Waals surface area contributed by atoms with Gasteiger partial charge >= 0.3 is 0 Å². The van der Waals surface area contributed by atoms with E-state index >= 15 is 0 Å². The minimum atomic E-state index is -0.0587. The molecule has 0 aromatic carbocycles. The lowest BCUT2D eigenvalue weighted by Gasteiger charge is -2.60. The quantitative estimate of drug-likeness (QED) is 0.227. The van der Waals surface area contributed by atoms with E-state index in [1.54, 1.807) is 279 Å². The van der Waals surface area contributed by atoms with E-state index in [-0.39, 0.29) is 48.7 Å². The minimum absolute atomic E-state index is 0.0429. The van der Waals surface area contributed by atoms with Gasteiger partial charge in [-0.3, -0.25) is 0 Å². The summed E-state index contributed by atoms with van der Waals surface area (Å²) in [4.78, 5) is 0. The van der Waals surface area contributed by atoms with Gasteiger partial charge in [0.05, 0.1) is 0 Å². The molecule has 0 radical (unpaired) electrons. The van der Waals surface area contributed by atoms with Crippen molar-refractivity contribution in [2.75, 3.05) is 0 Å². The van der Waals surface area contributed by atoms with Gasteiger partial charge in [0.15, 0.2) is 0 Å². The predicted molar refractivity (Wildman–Crippen MR) is 492 cm³/mol. The zero-order valence-corrected chi connectivity index (χ0v) is 80.0. The Kier molecular flexibility index (Phi) is 13.4. The Hall–Kier alpha value is -7.80. The number of hydrogen-bond acceptors (Lipinski definition) is 0. The Morgan fingerprint density at radius 1 is 0.111 bits per heavy atom. The first-order chi connectivity index (χ1) is 54.3. The van der Waals surface area contributed by atoms with Crippen molar-refractivity contribution >= 4 is 0 Å². The zero-order valence-electron chi connectivity index (χ0n) is 80.0.